The molecule has 0 aliphatic rings. The maximum atomic E-state index is 13.5. The van der Waals surface area contributed by atoms with Crippen molar-refractivity contribution in [2.45, 2.75) is 26.7 Å². The van der Waals surface area contributed by atoms with Gasteiger partial charge in [0.05, 0.1) is 6.61 Å². The van der Waals surface area contributed by atoms with Crippen LogP contribution >= 0.6 is 0 Å². The Hall–Kier alpha value is -1.69. The Bertz CT molecular complexity index is 456. The summed E-state index contributed by atoms with van der Waals surface area (Å²) in [4.78, 5) is 11.9. The molecule has 1 aromatic carbocycles. The van der Waals surface area contributed by atoms with E-state index in [9.17, 15) is 23.8 Å². The lowest BCUT2D eigenvalue weighted by atomic mass is 9.83. The summed E-state index contributed by atoms with van der Waals surface area (Å²) < 4.78 is 26.4. The zero-order chi connectivity index (χ0) is 15.3. The number of aromatic hydroxyl groups is 1. The Balaban J connectivity index is 2.88. The molecule has 0 aliphatic carbocycles. The van der Waals surface area contributed by atoms with Gasteiger partial charge in [-0.2, -0.15) is 0 Å². The molecule has 0 fully saturated rings. The number of carbonyl (C=O) groups is 1. The number of nitrogens with one attached hydrogen (secondary N) is 1. The van der Waals surface area contributed by atoms with Crippen LogP contribution in [-0.2, 0) is 0 Å². The first-order chi connectivity index (χ1) is 9.39. The topological polar surface area (TPSA) is 69.6 Å². The molecule has 0 aliphatic heterocycles. The minimum atomic E-state index is -1.12. The van der Waals surface area contributed by atoms with Crippen LogP contribution in [0.25, 0.3) is 0 Å². The molecule has 20 heavy (non-hydrogen) atoms. The highest BCUT2D eigenvalue weighted by Crippen LogP contribution is 2.26. The third kappa shape index (κ3) is 3.45. The van der Waals surface area contributed by atoms with E-state index in [-0.39, 0.29) is 13.2 Å². The van der Waals surface area contributed by atoms with Crippen LogP contribution in [0.15, 0.2) is 12.1 Å². The maximum Gasteiger partial charge on any atom is 0.258 e. The van der Waals surface area contributed by atoms with E-state index in [0.29, 0.717) is 25.0 Å². The lowest BCUT2D eigenvalue weighted by Gasteiger charge is -2.29. The van der Waals surface area contributed by atoms with E-state index in [1.807, 2.05) is 13.8 Å². The van der Waals surface area contributed by atoms with Crippen molar-refractivity contribution in [1.82, 2.24) is 5.32 Å². The van der Waals surface area contributed by atoms with E-state index in [4.69, 9.17) is 0 Å². The second-order valence-corrected chi connectivity index (χ2v) is 4.83. The Morgan fingerprint density at radius 1 is 1.30 bits per heavy atom. The third-order valence-electron chi connectivity index (χ3n) is 3.72. The summed E-state index contributed by atoms with van der Waals surface area (Å²) in [5, 5.41) is 21.3. The highest BCUT2D eigenvalue weighted by atomic mass is 19.1. The Morgan fingerprint density at radius 3 is 2.35 bits per heavy atom. The second-order valence-electron chi connectivity index (χ2n) is 4.83. The molecule has 0 unspecified atom stereocenters. The van der Waals surface area contributed by atoms with Crippen molar-refractivity contribution < 1.29 is 23.8 Å². The maximum absolute atomic E-state index is 13.5. The van der Waals surface area contributed by atoms with E-state index in [1.54, 1.807) is 0 Å². The SMILES string of the molecule is CCC(CC)(CO)CNC(=O)c1c(O)cc(F)cc1F. The first kappa shape index (κ1) is 16.4. The van der Waals surface area contributed by atoms with E-state index < -0.39 is 34.3 Å². The molecule has 112 valence electrons. The smallest absolute Gasteiger partial charge is 0.258 e. The van der Waals surface area contributed by atoms with Gasteiger partial charge in [0.1, 0.15) is 22.9 Å². The zero-order valence-electron chi connectivity index (χ0n) is 11.5. The molecule has 0 bridgehead atoms. The lowest BCUT2D eigenvalue weighted by molar-refractivity contribution is 0.0845. The summed E-state index contributed by atoms with van der Waals surface area (Å²) in [5.41, 5.74) is -1.08. The minimum absolute atomic E-state index is 0.113. The summed E-state index contributed by atoms with van der Waals surface area (Å²) in [7, 11) is 0. The van der Waals surface area contributed by atoms with Crippen molar-refractivity contribution in [3.8, 4) is 5.75 Å². The number of phenols is 1. The van der Waals surface area contributed by atoms with Gasteiger partial charge in [-0.25, -0.2) is 8.78 Å². The van der Waals surface area contributed by atoms with Crippen LogP contribution in [0.1, 0.15) is 37.0 Å². The molecule has 0 aromatic heterocycles. The van der Waals surface area contributed by atoms with Crippen molar-refractivity contribution in [2.24, 2.45) is 5.41 Å². The fraction of sp³-hybridized carbons (Fsp3) is 0.500. The van der Waals surface area contributed by atoms with Gasteiger partial charge in [-0.05, 0) is 12.8 Å². The molecule has 3 N–H and O–H groups in total. The van der Waals surface area contributed by atoms with Gasteiger partial charge >= 0.3 is 0 Å². The van der Waals surface area contributed by atoms with Crippen LogP contribution in [0.2, 0.25) is 0 Å². The largest absolute Gasteiger partial charge is 0.507 e. The number of phenolic OH excluding ortho intramolecular Hbond substituents is 1. The second kappa shape index (κ2) is 6.65. The van der Waals surface area contributed by atoms with Gasteiger partial charge in [-0.3, -0.25) is 4.79 Å². The summed E-state index contributed by atoms with van der Waals surface area (Å²) in [6.07, 6.45) is 1.27. The van der Waals surface area contributed by atoms with Crippen molar-refractivity contribution in [2.75, 3.05) is 13.2 Å². The normalized spacial score (nSPS) is 11.4. The van der Waals surface area contributed by atoms with Gasteiger partial charge in [-0.15, -0.1) is 0 Å². The summed E-state index contributed by atoms with van der Waals surface area (Å²) in [5.74, 6) is -3.66. The molecule has 1 rings (SSSR count). The van der Waals surface area contributed by atoms with Gasteiger partial charge in [0.15, 0.2) is 0 Å². The van der Waals surface area contributed by atoms with Gasteiger partial charge < -0.3 is 15.5 Å². The Kier molecular flexibility index (Phi) is 5.44. The number of halogens is 2. The molecule has 1 aromatic rings. The Morgan fingerprint density at radius 2 is 1.90 bits per heavy atom. The molecule has 0 atom stereocenters. The molecule has 0 saturated carbocycles. The van der Waals surface area contributed by atoms with Gasteiger partial charge in [0.25, 0.3) is 5.91 Å². The number of aliphatic hydroxyl groups is 1. The molecular formula is C14H19F2NO3. The predicted molar refractivity (Wildman–Crippen MR) is 70.5 cm³/mol. The average Bonchev–Trinajstić information content (AvgIpc) is 2.39. The lowest BCUT2D eigenvalue weighted by Crippen LogP contribution is -2.39. The predicted octanol–water partition coefficient (Wildman–Crippen LogP) is 2.20. The number of hydrogen-bond donors (Lipinski definition) is 3. The van der Waals surface area contributed by atoms with Gasteiger partial charge in [0.2, 0.25) is 0 Å². The fourth-order valence-corrected chi connectivity index (χ4v) is 1.92. The summed E-state index contributed by atoms with van der Waals surface area (Å²) >= 11 is 0. The van der Waals surface area contributed by atoms with Crippen LogP contribution in [0.3, 0.4) is 0 Å². The third-order valence-corrected chi connectivity index (χ3v) is 3.72. The minimum Gasteiger partial charge on any atom is -0.507 e. The number of hydrogen-bond acceptors (Lipinski definition) is 3. The van der Waals surface area contributed by atoms with E-state index >= 15 is 0 Å². The molecule has 4 nitrogen and oxygen atoms in total. The van der Waals surface area contributed by atoms with Crippen molar-refractivity contribution in [1.29, 1.82) is 0 Å². The highest BCUT2D eigenvalue weighted by Gasteiger charge is 2.27. The molecular weight excluding hydrogens is 268 g/mol. The van der Waals surface area contributed by atoms with Gasteiger partial charge in [0, 0.05) is 24.1 Å². The number of aliphatic hydroxyl groups excluding tert-OH is 1. The van der Waals surface area contributed by atoms with Crippen molar-refractivity contribution in [3.63, 3.8) is 0 Å². The van der Waals surface area contributed by atoms with E-state index in [1.165, 1.54) is 0 Å². The molecule has 0 spiro atoms. The van der Waals surface area contributed by atoms with E-state index in [0.717, 1.165) is 0 Å². The van der Waals surface area contributed by atoms with Crippen molar-refractivity contribution >= 4 is 5.91 Å². The zero-order valence-corrected chi connectivity index (χ0v) is 11.5. The molecule has 0 saturated heterocycles. The average molecular weight is 287 g/mol. The van der Waals surface area contributed by atoms with Gasteiger partial charge in [-0.1, -0.05) is 13.8 Å². The number of rotatable bonds is 6. The first-order valence-corrected chi connectivity index (χ1v) is 6.46. The first-order valence-electron chi connectivity index (χ1n) is 6.46. The Labute approximate surface area is 116 Å². The number of carbonyl (C=O) groups excluding carboxylic acids is 1. The van der Waals surface area contributed by atoms with Crippen LogP contribution in [0.4, 0.5) is 8.78 Å². The van der Waals surface area contributed by atoms with Crippen LogP contribution in [0.5, 0.6) is 5.75 Å². The van der Waals surface area contributed by atoms with Crippen LogP contribution < -0.4 is 5.32 Å². The summed E-state index contributed by atoms with van der Waals surface area (Å²) in [6.45, 7) is 3.79. The van der Waals surface area contributed by atoms with Crippen LogP contribution in [0, 0.1) is 17.0 Å². The monoisotopic (exact) mass is 287 g/mol. The van der Waals surface area contributed by atoms with E-state index in [2.05, 4.69) is 5.32 Å². The standard InChI is InChI=1S/C14H19F2NO3/c1-3-14(4-2,8-18)7-17-13(20)12-10(16)5-9(15)6-11(12)19/h5-6,18-19H,3-4,7-8H2,1-2H3,(H,17,20). The fourth-order valence-electron chi connectivity index (χ4n) is 1.92. The number of benzene rings is 1. The van der Waals surface area contributed by atoms with Crippen molar-refractivity contribution in [3.05, 3.63) is 29.3 Å². The molecule has 1 amide bonds. The summed E-state index contributed by atoms with van der Waals surface area (Å²) in [6, 6.07) is 1.21. The quantitative estimate of drug-likeness (QED) is 0.751. The molecule has 0 heterocycles. The highest BCUT2D eigenvalue weighted by molar-refractivity contribution is 5.97. The van der Waals surface area contributed by atoms with Crippen LogP contribution in [-0.4, -0.2) is 29.3 Å². The number of amides is 1. The molecule has 6 heteroatoms. The molecule has 0 radical (unpaired) electrons.